The third-order valence-corrected chi connectivity index (χ3v) is 1.79. The van der Waals surface area contributed by atoms with Gasteiger partial charge in [-0.15, -0.1) is 0 Å². The van der Waals surface area contributed by atoms with Crippen LogP contribution in [0.1, 0.15) is 18.0 Å². The molecule has 61 valence electrons. The van der Waals surface area contributed by atoms with Crippen LogP contribution in [0.4, 0.5) is 0 Å². The highest BCUT2D eigenvalue weighted by Crippen LogP contribution is 2.22. The quantitative estimate of drug-likeness (QED) is 0.571. The summed E-state index contributed by atoms with van der Waals surface area (Å²) in [5.74, 6) is -1.19. The molecule has 5 nitrogen and oxygen atoms in total. The number of hydrogen-bond acceptors (Lipinski definition) is 3. The van der Waals surface area contributed by atoms with Crippen molar-refractivity contribution in [1.29, 1.82) is 0 Å². The molecule has 1 N–H and O–H groups in total. The number of hydrogen-bond donors (Lipinski definition) is 1. The zero-order valence-electron chi connectivity index (χ0n) is 6.15. The van der Waals surface area contributed by atoms with Crippen LogP contribution in [0.15, 0.2) is 12.3 Å². The molecule has 0 saturated carbocycles. The van der Waals surface area contributed by atoms with E-state index in [0.717, 1.165) is 0 Å². The van der Waals surface area contributed by atoms with Crippen LogP contribution in [-0.4, -0.2) is 22.0 Å². The lowest BCUT2D eigenvalue weighted by Gasteiger charge is -1.97. The molecule has 0 aromatic carbocycles. The SMILES string of the molecule is O=C1CC(c2cc[nH]n2)C(=O)[N]1. The molecule has 1 unspecified atom stereocenters. The van der Waals surface area contributed by atoms with E-state index in [4.69, 9.17) is 0 Å². The van der Waals surface area contributed by atoms with E-state index in [1.807, 2.05) is 0 Å². The van der Waals surface area contributed by atoms with E-state index >= 15 is 0 Å². The maximum absolute atomic E-state index is 11.0. The molecular weight excluding hydrogens is 158 g/mol. The molecule has 1 radical (unpaired) electrons. The summed E-state index contributed by atoms with van der Waals surface area (Å²) in [6, 6.07) is 1.68. The normalized spacial score (nSPS) is 22.8. The predicted octanol–water partition coefficient (Wildman–Crippen LogP) is -0.445. The highest BCUT2D eigenvalue weighted by atomic mass is 16.2. The van der Waals surface area contributed by atoms with Crippen molar-refractivity contribution in [1.82, 2.24) is 15.5 Å². The molecule has 1 fully saturated rings. The first kappa shape index (κ1) is 7.02. The molecule has 0 spiro atoms. The Morgan fingerprint density at radius 1 is 1.50 bits per heavy atom. The minimum absolute atomic E-state index is 0.156. The number of carbonyl (C=O) groups is 2. The Kier molecular flexibility index (Phi) is 1.43. The lowest BCUT2D eigenvalue weighted by atomic mass is 10.0. The number of carbonyl (C=O) groups excluding carboxylic acids is 2. The maximum Gasteiger partial charge on any atom is 0.258 e. The van der Waals surface area contributed by atoms with Crippen LogP contribution < -0.4 is 5.32 Å². The number of aromatic nitrogens is 2. The molecule has 2 rings (SSSR count). The van der Waals surface area contributed by atoms with Crippen molar-refractivity contribution in [3.8, 4) is 0 Å². The van der Waals surface area contributed by atoms with E-state index in [-0.39, 0.29) is 18.2 Å². The smallest absolute Gasteiger partial charge is 0.258 e. The van der Waals surface area contributed by atoms with Crippen molar-refractivity contribution in [2.24, 2.45) is 0 Å². The molecule has 1 atom stereocenters. The molecule has 2 amide bonds. The highest BCUT2D eigenvalue weighted by Gasteiger charge is 2.34. The summed E-state index contributed by atoms with van der Waals surface area (Å²) in [7, 11) is 0. The van der Waals surface area contributed by atoms with Crippen molar-refractivity contribution in [3.63, 3.8) is 0 Å². The first-order chi connectivity index (χ1) is 5.77. The van der Waals surface area contributed by atoms with Gasteiger partial charge >= 0.3 is 0 Å². The zero-order chi connectivity index (χ0) is 8.55. The molecule has 0 bridgehead atoms. The first-order valence-corrected chi connectivity index (χ1v) is 3.55. The minimum atomic E-state index is -0.455. The van der Waals surface area contributed by atoms with Gasteiger partial charge < -0.3 is 0 Å². The average Bonchev–Trinajstić information content (AvgIpc) is 2.58. The second kappa shape index (κ2) is 2.44. The van der Waals surface area contributed by atoms with Crippen LogP contribution >= 0.6 is 0 Å². The molecule has 1 aromatic rings. The second-order valence-corrected chi connectivity index (χ2v) is 2.60. The van der Waals surface area contributed by atoms with Gasteiger partial charge in [0.25, 0.3) is 5.91 Å². The lowest BCUT2D eigenvalue weighted by Crippen LogP contribution is -2.13. The Morgan fingerprint density at radius 3 is 2.83 bits per heavy atom. The summed E-state index contributed by atoms with van der Waals surface area (Å²) in [5.41, 5.74) is 0.592. The van der Waals surface area contributed by atoms with E-state index < -0.39 is 5.92 Å². The third-order valence-electron chi connectivity index (χ3n) is 1.79. The first-order valence-electron chi connectivity index (χ1n) is 3.55. The largest absolute Gasteiger partial charge is 0.285 e. The van der Waals surface area contributed by atoms with E-state index in [0.29, 0.717) is 5.69 Å². The van der Waals surface area contributed by atoms with E-state index in [1.165, 1.54) is 0 Å². The van der Waals surface area contributed by atoms with Crippen LogP contribution in [0.3, 0.4) is 0 Å². The summed E-state index contributed by atoms with van der Waals surface area (Å²) in [4.78, 5) is 21.8. The summed E-state index contributed by atoms with van der Waals surface area (Å²) in [6.07, 6.45) is 1.77. The fourth-order valence-corrected chi connectivity index (χ4v) is 1.21. The summed E-state index contributed by atoms with van der Waals surface area (Å²) >= 11 is 0. The summed E-state index contributed by atoms with van der Waals surface area (Å²) in [6.45, 7) is 0. The Bertz CT molecular complexity index is 317. The van der Waals surface area contributed by atoms with Crippen LogP contribution in [0.5, 0.6) is 0 Å². The number of nitrogens with zero attached hydrogens (tertiary/aromatic N) is 2. The molecule has 5 heteroatoms. The second-order valence-electron chi connectivity index (χ2n) is 2.60. The molecular formula is C7H6N3O2. The van der Waals surface area contributed by atoms with Gasteiger partial charge in [-0.3, -0.25) is 14.7 Å². The van der Waals surface area contributed by atoms with E-state index in [9.17, 15) is 9.59 Å². The Hall–Kier alpha value is -1.65. The number of amides is 2. The van der Waals surface area contributed by atoms with Gasteiger partial charge in [0.1, 0.15) is 0 Å². The van der Waals surface area contributed by atoms with Gasteiger partial charge in [0, 0.05) is 12.6 Å². The van der Waals surface area contributed by atoms with Crippen LogP contribution in [0.25, 0.3) is 0 Å². The Balaban J connectivity index is 2.26. The predicted molar refractivity (Wildman–Crippen MR) is 38.1 cm³/mol. The molecule has 1 saturated heterocycles. The topological polar surface area (TPSA) is 76.9 Å². The van der Waals surface area contributed by atoms with Gasteiger partial charge in [0.2, 0.25) is 5.91 Å². The Morgan fingerprint density at radius 2 is 2.33 bits per heavy atom. The molecule has 1 aliphatic rings. The van der Waals surface area contributed by atoms with Crippen LogP contribution in [-0.2, 0) is 9.59 Å². The molecule has 1 aliphatic heterocycles. The van der Waals surface area contributed by atoms with Crippen molar-refractivity contribution in [2.75, 3.05) is 0 Å². The number of imide groups is 1. The Labute approximate surface area is 68.2 Å². The van der Waals surface area contributed by atoms with Crippen molar-refractivity contribution in [3.05, 3.63) is 18.0 Å². The third kappa shape index (κ3) is 0.990. The van der Waals surface area contributed by atoms with E-state index in [2.05, 4.69) is 15.5 Å². The summed E-state index contributed by atoms with van der Waals surface area (Å²) < 4.78 is 0. The summed E-state index contributed by atoms with van der Waals surface area (Å²) in [5, 5.41) is 9.71. The van der Waals surface area contributed by atoms with Gasteiger partial charge in [-0.1, -0.05) is 0 Å². The standard InChI is InChI=1S/C7H6N3O2/c11-6-3-4(7(12)9-6)5-1-2-8-10-5/h1-2,4H,3H2,(H,8,10). The van der Waals surface area contributed by atoms with Gasteiger partial charge in [-0.2, -0.15) is 10.4 Å². The molecule has 0 aliphatic carbocycles. The zero-order valence-corrected chi connectivity index (χ0v) is 6.15. The lowest BCUT2D eigenvalue weighted by molar-refractivity contribution is -0.125. The number of aromatic amines is 1. The molecule has 1 aromatic heterocycles. The fourth-order valence-electron chi connectivity index (χ4n) is 1.21. The number of H-pyrrole nitrogens is 1. The van der Waals surface area contributed by atoms with Crippen molar-refractivity contribution in [2.45, 2.75) is 12.3 Å². The van der Waals surface area contributed by atoms with Crippen LogP contribution in [0.2, 0.25) is 0 Å². The van der Waals surface area contributed by atoms with Gasteiger partial charge in [-0.05, 0) is 6.07 Å². The van der Waals surface area contributed by atoms with Crippen LogP contribution in [0, 0.1) is 0 Å². The number of nitrogens with one attached hydrogen (secondary N) is 1. The molecule has 2 heterocycles. The van der Waals surface area contributed by atoms with Crippen molar-refractivity contribution >= 4 is 11.8 Å². The van der Waals surface area contributed by atoms with Gasteiger partial charge in [0.05, 0.1) is 11.6 Å². The highest BCUT2D eigenvalue weighted by molar-refractivity contribution is 6.05. The number of rotatable bonds is 1. The fraction of sp³-hybridized carbons (Fsp3) is 0.286. The van der Waals surface area contributed by atoms with Crippen molar-refractivity contribution < 1.29 is 9.59 Å². The maximum atomic E-state index is 11.0. The monoisotopic (exact) mass is 164 g/mol. The average molecular weight is 164 g/mol. The van der Waals surface area contributed by atoms with E-state index in [1.54, 1.807) is 12.3 Å². The molecule has 12 heavy (non-hydrogen) atoms. The van der Waals surface area contributed by atoms with Gasteiger partial charge in [-0.25, -0.2) is 0 Å². The minimum Gasteiger partial charge on any atom is -0.285 e. The van der Waals surface area contributed by atoms with Gasteiger partial charge in [0.15, 0.2) is 0 Å².